The fourth-order valence-corrected chi connectivity index (χ4v) is 2.78. The first kappa shape index (κ1) is 12.6. The largest absolute Gasteiger partial charge is 0.313 e. The van der Waals surface area contributed by atoms with Gasteiger partial charge in [0, 0.05) is 11.1 Å². The third kappa shape index (κ3) is 3.06. The van der Waals surface area contributed by atoms with Crippen LogP contribution in [-0.4, -0.2) is 7.05 Å². The molecule has 1 aromatic carbocycles. The van der Waals surface area contributed by atoms with Crippen molar-refractivity contribution in [2.45, 2.75) is 12.5 Å². The van der Waals surface area contributed by atoms with Gasteiger partial charge in [-0.15, -0.1) is 0 Å². The maximum absolute atomic E-state index is 13.0. The molecule has 0 aliphatic carbocycles. The Labute approximate surface area is 109 Å². The van der Waals surface area contributed by atoms with Gasteiger partial charge in [-0.1, -0.05) is 17.7 Å². The first-order chi connectivity index (χ1) is 8.20. The van der Waals surface area contributed by atoms with Gasteiger partial charge in [-0.05, 0) is 53.6 Å². The summed E-state index contributed by atoms with van der Waals surface area (Å²) in [6.45, 7) is 0. The summed E-state index contributed by atoms with van der Waals surface area (Å²) in [5, 5.41) is 7.85. The van der Waals surface area contributed by atoms with Gasteiger partial charge in [0.05, 0.1) is 0 Å². The molecular weight excluding hydrogens is 257 g/mol. The van der Waals surface area contributed by atoms with E-state index in [2.05, 4.69) is 16.8 Å². The second-order valence-electron chi connectivity index (χ2n) is 3.84. The quantitative estimate of drug-likeness (QED) is 0.883. The summed E-state index contributed by atoms with van der Waals surface area (Å²) in [6.07, 6.45) is 0.853. The topological polar surface area (TPSA) is 12.0 Å². The van der Waals surface area contributed by atoms with E-state index in [0.29, 0.717) is 5.02 Å². The SMILES string of the molecule is CNC(Cc1ccsc1)c1ccc(F)cc1Cl. The molecule has 1 nitrogen and oxygen atoms in total. The van der Waals surface area contributed by atoms with Crippen molar-refractivity contribution in [2.24, 2.45) is 0 Å². The lowest BCUT2D eigenvalue weighted by Gasteiger charge is -2.17. The maximum atomic E-state index is 13.0. The zero-order valence-electron chi connectivity index (χ0n) is 9.41. The molecule has 90 valence electrons. The molecule has 1 aromatic heterocycles. The average Bonchev–Trinajstić information content (AvgIpc) is 2.79. The average molecular weight is 270 g/mol. The van der Waals surface area contributed by atoms with Crippen molar-refractivity contribution in [3.63, 3.8) is 0 Å². The van der Waals surface area contributed by atoms with Crippen molar-refractivity contribution in [3.8, 4) is 0 Å². The van der Waals surface area contributed by atoms with Crippen molar-refractivity contribution in [1.29, 1.82) is 0 Å². The highest BCUT2D eigenvalue weighted by Crippen LogP contribution is 2.26. The molecule has 2 aromatic rings. The van der Waals surface area contributed by atoms with Crippen LogP contribution in [0.2, 0.25) is 5.02 Å². The van der Waals surface area contributed by atoms with Crippen LogP contribution < -0.4 is 5.32 Å². The van der Waals surface area contributed by atoms with Gasteiger partial charge >= 0.3 is 0 Å². The van der Waals surface area contributed by atoms with E-state index in [1.54, 1.807) is 17.4 Å². The number of benzene rings is 1. The first-order valence-corrected chi connectivity index (χ1v) is 6.66. The fourth-order valence-electron chi connectivity index (χ4n) is 1.80. The van der Waals surface area contributed by atoms with E-state index >= 15 is 0 Å². The maximum Gasteiger partial charge on any atom is 0.124 e. The summed E-state index contributed by atoms with van der Waals surface area (Å²) < 4.78 is 13.0. The van der Waals surface area contributed by atoms with Gasteiger partial charge in [-0.2, -0.15) is 11.3 Å². The zero-order valence-corrected chi connectivity index (χ0v) is 11.0. The number of halogens is 2. The van der Waals surface area contributed by atoms with Gasteiger partial charge in [-0.25, -0.2) is 4.39 Å². The highest BCUT2D eigenvalue weighted by atomic mass is 35.5. The highest BCUT2D eigenvalue weighted by Gasteiger charge is 2.14. The van der Waals surface area contributed by atoms with Gasteiger partial charge in [0.15, 0.2) is 0 Å². The number of thiophene rings is 1. The molecular formula is C13H13ClFNS. The molecule has 17 heavy (non-hydrogen) atoms. The number of likely N-dealkylation sites (N-methyl/N-ethyl adjacent to an activating group) is 1. The Morgan fingerprint density at radius 2 is 2.24 bits per heavy atom. The Morgan fingerprint density at radius 3 is 2.82 bits per heavy atom. The predicted molar refractivity (Wildman–Crippen MR) is 71.2 cm³/mol. The van der Waals surface area contributed by atoms with Crippen molar-refractivity contribution >= 4 is 22.9 Å². The minimum atomic E-state index is -0.302. The summed E-state index contributed by atoms with van der Waals surface area (Å²) in [5.74, 6) is -0.302. The molecule has 2 rings (SSSR count). The summed E-state index contributed by atoms with van der Waals surface area (Å²) in [5.41, 5.74) is 2.19. The number of rotatable bonds is 4. The number of hydrogen-bond donors (Lipinski definition) is 1. The van der Waals surface area contributed by atoms with E-state index in [4.69, 9.17) is 11.6 Å². The van der Waals surface area contributed by atoms with E-state index in [-0.39, 0.29) is 11.9 Å². The molecule has 0 fully saturated rings. The Bertz CT molecular complexity index is 484. The van der Waals surface area contributed by atoms with Crippen molar-refractivity contribution in [2.75, 3.05) is 7.05 Å². The molecule has 0 radical (unpaired) electrons. The lowest BCUT2D eigenvalue weighted by Crippen LogP contribution is -2.19. The van der Waals surface area contributed by atoms with Crippen LogP contribution in [0.1, 0.15) is 17.2 Å². The molecule has 0 bridgehead atoms. The lowest BCUT2D eigenvalue weighted by molar-refractivity contribution is 0.587. The Hall–Kier alpha value is -0.900. The zero-order chi connectivity index (χ0) is 12.3. The standard InChI is InChI=1S/C13H13ClFNS/c1-16-13(6-9-4-5-17-8-9)11-3-2-10(15)7-12(11)14/h2-5,7-8,13,16H,6H2,1H3. The second-order valence-corrected chi connectivity index (χ2v) is 5.03. The summed E-state index contributed by atoms with van der Waals surface area (Å²) >= 11 is 7.74. The van der Waals surface area contributed by atoms with Crippen LogP contribution in [0.4, 0.5) is 4.39 Å². The third-order valence-electron chi connectivity index (χ3n) is 2.71. The summed E-state index contributed by atoms with van der Waals surface area (Å²) in [4.78, 5) is 0. The van der Waals surface area contributed by atoms with Crippen LogP contribution in [0.3, 0.4) is 0 Å². The monoisotopic (exact) mass is 269 g/mol. The number of hydrogen-bond acceptors (Lipinski definition) is 2. The van der Waals surface area contributed by atoms with Gasteiger partial charge in [0.2, 0.25) is 0 Å². The van der Waals surface area contributed by atoms with Crippen molar-refractivity contribution < 1.29 is 4.39 Å². The van der Waals surface area contributed by atoms with E-state index in [1.807, 2.05) is 12.4 Å². The van der Waals surface area contributed by atoms with Crippen LogP contribution in [0, 0.1) is 5.82 Å². The normalized spacial score (nSPS) is 12.6. The van der Waals surface area contributed by atoms with Crippen LogP contribution in [-0.2, 0) is 6.42 Å². The highest BCUT2D eigenvalue weighted by molar-refractivity contribution is 7.07. The second kappa shape index (κ2) is 5.63. The predicted octanol–water partition coefficient (Wildman–Crippen LogP) is 4.04. The molecule has 0 amide bonds. The number of nitrogens with one attached hydrogen (secondary N) is 1. The lowest BCUT2D eigenvalue weighted by atomic mass is 10.0. The Morgan fingerprint density at radius 1 is 1.41 bits per heavy atom. The van der Waals surface area contributed by atoms with E-state index in [9.17, 15) is 4.39 Å². The molecule has 0 spiro atoms. The van der Waals surface area contributed by atoms with Crippen LogP contribution in [0.25, 0.3) is 0 Å². The van der Waals surface area contributed by atoms with E-state index < -0.39 is 0 Å². The van der Waals surface area contributed by atoms with Gasteiger partial charge in [0.25, 0.3) is 0 Å². The van der Waals surface area contributed by atoms with Crippen molar-refractivity contribution in [3.05, 3.63) is 57.0 Å². The smallest absolute Gasteiger partial charge is 0.124 e. The molecule has 1 heterocycles. The molecule has 0 saturated heterocycles. The summed E-state index contributed by atoms with van der Waals surface area (Å²) in [7, 11) is 1.89. The molecule has 1 unspecified atom stereocenters. The van der Waals surface area contributed by atoms with Gasteiger partial charge in [-0.3, -0.25) is 0 Å². The Kier molecular flexibility index (Phi) is 4.15. The molecule has 0 aliphatic rings. The van der Waals surface area contributed by atoms with Crippen molar-refractivity contribution in [1.82, 2.24) is 5.32 Å². The van der Waals surface area contributed by atoms with E-state index in [0.717, 1.165) is 12.0 Å². The Balaban J connectivity index is 2.23. The first-order valence-electron chi connectivity index (χ1n) is 5.34. The molecule has 1 atom stereocenters. The molecule has 4 heteroatoms. The fraction of sp³-hybridized carbons (Fsp3) is 0.231. The van der Waals surface area contributed by atoms with Gasteiger partial charge in [0.1, 0.15) is 5.82 Å². The molecule has 0 aliphatic heterocycles. The van der Waals surface area contributed by atoms with E-state index in [1.165, 1.54) is 17.7 Å². The molecule has 1 N–H and O–H groups in total. The third-order valence-corrected chi connectivity index (χ3v) is 3.77. The minimum Gasteiger partial charge on any atom is -0.313 e. The van der Waals surface area contributed by atoms with Crippen LogP contribution in [0.15, 0.2) is 35.0 Å². The molecule has 0 saturated carbocycles. The van der Waals surface area contributed by atoms with Gasteiger partial charge < -0.3 is 5.32 Å². The van der Waals surface area contributed by atoms with Crippen LogP contribution >= 0.6 is 22.9 Å². The minimum absolute atomic E-state index is 0.109. The summed E-state index contributed by atoms with van der Waals surface area (Å²) in [6, 6.07) is 6.74. The van der Waals surface area contributed by atoms with Crippen LogP contribution in [0.5, 0.6) is 0 Å².